The van der Waals surface area contributed by atoms with E-state index in [2.05, 4.69) is 24.7 Å². The number of methoxy groups -OCH3 is 1. The molecule has 0 radical (unpaired) electrons. The van der Waals surface area contributed by atoms with Gasteiger partial charge in [0, 0.05) is 12.4 Å². The van der Waals surface area contributed by atoms with Gasteiger partial charge in [-0.1, -0.05) is 55.8 Å². The molecule has 0 aliphatic rings. The molecule has 0 spiro atoms. The zero-order valence-electron chi connectivity index (χ0n) is 21.1. The predicted octanol–water partition coefficient (Wildman–Crippen LogP) is 5.93. The van der Waals surface area contributed by atoms with Crippen molar-refractivity contribution in [2.45, 2.75) is 26.7 Å². The fourth-order valence-electron chi connectivity index (χ4n) is 3.73. The summed E-state index contributed by atoms with van der Waals surface area (Å²) in [7, 11) is -2.57. The summed E-state index contributed by atoms with van der Waals surface area (Å²) in [5.41, 5.74) is 2.96. The van der Waals surface area contributed by atoms with E-state index >= 15 is 0 Å². The van der Waals surface area contributed by atoms with Crippen LogP contribution in [0.2, 0.25) is 5.15 Å². The quantitative estimate of drug-likeness (QED) is 0.241. The number of hydrogen-bond donors (Lipinski definition) is 1. The molecule has 0 saturated carbocycles. The van der Waals surface area contributed by atoms with Crippen molar-refractivity contribution in [1.29, 1.82) is 0 Å². The highest BCUT2D eigenvalue weighted by molar-refractivity contribution is 7.95. The molecular formula is C27H26ClN5O4S. The van der Waals surface area contributed by atoms with E-state index in [1.54, 1.807) is 36.4 Å². The molecule has 0 fully saturated rings. The van der Waals surface area contributed by atoms with Gasteiger partial charge in [0.15, 0.2) is 28.3 Å². The molecule has 0 bridgehead atoms. The maximum Gasteiger partial charge on any atom is 0.256 e. The third kappa shape index (κ3) is 6.27. The Kier molecular flexibility index (Phi) is 8.55. The summed E-state index contributed by atoms with van der Waals surface area (Å²) < 4.78 is 40.3. The van der Waals surface area contributed by atoms with E-state index in [-0.39, 0.29) is 28.4 Å². The molecule has 4 rings (SSSR count). The molecule has 1 N–H and O–H groups in total. The lowest BCUT2D eigenvalue weighted by Gasteiger charge is -2.15. The van der Waals surface area contributed by atoms with Crippen molar-refractivity contribution in [2.24, 2.45) is 0 Å². The van der Waals surface area contributed by atoms with Crippen LogP contribution in [-0.4, -0.2) is 35.5 Å². The molecule has 0 atom stereocenters. The summed E-state index contributed by atoms with van der Waals surface area (Å²) in [5.74, 6) is 0.618. The van der Waals surface area contributed by atoms with E-state index in [1.165, 1.54) is 19.5 Å². The number of nitrogens with one attached hydrogen (secondary N) is 1. The smallest absolute Gasteiger partial charge is 0.256 e. The van der Waals surface area contributed by atoms with Crippen LogP contribution < -0.4 is 14.2 Å². The van der Waals surface area contributed by atoms with Crippen LogP contribution in [0.1, 0.15) is 30.5 Å². The number of anilines is 1. The third-order valence-corrected chi connectivity index (χ3v) is 6.80. The summed E-state index contributed by atoms with van der Waals surface area (Å²) in [4.78, 5) is 16.9. The summed E-state index contributed by atoms with van der Waals surface area (Å²) >= 11 is 6.49. The Morgan fingerprint density at radius 3 is 2.18 bits per heavy atom. The standard InChI is InChI=1S/C27H26ClN5O4S/c1-4-18-10-8-11-19(5-2)20(18)14-17-38(34,35)33-25-23(37-22-13-7-6-12-21(22)36-3)24(28)31-27(32-25)26-29-15-9-16-30-26/h6-17H,4-5H2,1-3H3,(H,31,32,33)/b17-14+. The highest BCUT2D eigenvalue weighted by Crippen LogP contribution is 2.39. The average molecular weight is 552 g/mol. The Morgan fingerprint density at radius 2 is 1.55 bits per heavy atom. The van der Waals surface area contributed by atoms with Crippen molar-refractivity contribution >= 4 is 33.5 Å². The van der Waals surface area contributed by atoms with E-state index in [1.807, 2.05) is 32.0 Å². The molecule has 38 heavy (non-hydrogen) atoms. The first-order valence-corrected chi connectivity index (χ1v) is 13.7. The van der Waals surface area contributed by atoms with E-state index in [0.29, 0.717) is 11.5 Å². The van der Waals surface area contributed by atoms with Crippen LogP contribution in [0.25, 0.3) is 17.7 Å². The first-order chi connectivity index (χ1) is 18.3. The van der Waals surface area contributed by atoms with E-state index in [0.717, 1.165) is 34.9 Å². The number of aryl methyl sites for hydroxylation is 2. The van der Waals surface area contributed by atoms with Crippen LogP contribution in [0, 0.1) is 0 Å². The van der Waals surface area contributed by atoms with Gasteiger partial charge < -0.3 is 9.47 Å². The van der Waals surface area contributed by atoms with Gasteiger partial charge in [-0.15, -0.1) is 0 Å². The number of ether oxygens (including phenoxy) is 2. The fraction of sp³-hybridized carbons (Fsp3) is 0.185. The Hall–Kier alpha value is -4.02. The largest absolute Gasteiger partial charge is 0.493 e. The van der Waals surface area contributed by atoms with Crippen molar-refractivity contribution in [3.05, 3.63) is 88.2 Å². The zero-order chi connectivity index (χ0) is 27.1. The van der Waals surface area contributed by atoms with Crippen molar-refractivity contribution in [3.8, 4) is 28.9 Å². The highest BCUT2D eigenvalue weighted by atomic mass is 35.5. The molecule has 2 heterocycles. The minimum absolute atomic E-state index is 0.0225. The molecule has 0 aliphatic carbocycles. The van der Waals surface area contributed by atoms with Gasteiger partial charge in [-0.3, -0.25) is 4.72 Å². The lowest BCUT2D eigenvalue weighted by molar-refractivity contribution is 0.378. The maximum absolute atomic E-state index is 13.2. The average Bonchev–Trinajstić information content (AvgIpc) is 2.93. The molecular weight excluding hydrogens is 526 g/mol. The van der Waals surface area contributed by atoms with Gasteiger partial charge in [0.25, 0.3) is 10.0 Å². The van der Waals surface area contributed by atoms with Crippen LogP contribution in [-0.2, 0) is 22.9 Å². The van der Waals surface area contributed by atoms with E-state index in [4.69, 9.17) is 21.1 Å². The van der Waals surface area contributed by atoms with Gasteiger partial charge in [0.1, 0.15) is 0 Å². The second-order valence-electron chi connectivity index (χ2n) is 7.99. The van der Waals surface area contributed by atoms with Crippen LogP contribution in [0.4, 0.5) is 5.82 Å². The van der Waals surface area contributed by atoms with Crippen molar-refractivity contribution < 1.29 is 17.9 Å². The second-order valence-corrected chi connectivity index (χ2v) is 9.91. The Morgan fingerprint density at radius 1 is 0.895 bits per heavy atom. The summed E-state index contributed by atoms with van der Waals surface area (Å²) in [6.07, 6.45) is 6.15. The van der Waals surface area contributed by atoms with Crippen LogP contribution in [0.15, 0.2) is 66.3 Å². The first kappa shape index (κ1) is 27.0. The zero-order valence-corrected chi connectivity index (χ0v) is 22.6. The van der Waals surface area contributed by atoms with Gasteiger partial charge in [-0.05, 0) is 53.8 Å². The summed E-state index contributed by atoms with van der Waals surface area (Å²) in [5, 5.41) is 0.960. The third-order valence-electron chi connectivity index (χ3n) is 5.57. The number of halogens is 1. The number of nitrogens with zero attached hydrogens (tertiary/aromatic N) is 4. The fourth-order valence-corrected chi connectivity index (χ4v) is 4.73. The van der Waals surface area contributed by atoms with Gasteiger partial charge >= 0.3 is 0 Å². The molecule has 0 saturated heterocycles. The first-order valence-electron chi connectivity index (χ1n) is 11.8. The summed E-state index contributed by atoms with van der Waals surface area (Å²) in [6.45, 7) is 4.05. The number of hydrogen-bond acceptors (Lipinski definition) is 8. The van der Waals surface area contributed by atoms with E-state index in [9.17, 15) is 8.42 Å². The lowest BCUT2D eigenvalue weighted by Crippen LogP contribution is -2.13. The highest BCUT2D eigenvalue weighted by Gasteiger charge is 2.22. The minimum atomic E-state index is -4.06. The molecule has 2 aromatic heterocycles. The molecule has 9 nitrogen and oxygen atoms in total. The number of sulfonamides is 1. The van der Waals surface area contributed by atoms with Crippen LogP contribution in [0.3, 0.4) is 0 Å². The minimum Gasteiger partial charge on any atom is -0.493 e. The second kappa shape index (κ2) is 12.0. The van der Waals surface area contributed by atoms with Crippen molar-refractivity contribution in [1.82, 2.24) is 19.9 Å². The van der Waals surface area contributed by atoms with Gasteiger partial charge in [0.05, 0.1) is 12.5 Å². The van der Waals surface area contributed by atoms with E-state index < -0.39 is 10.0 Å². The SMILES string of the molecule is CCc1cccc(CC)c1/C=C/S(=O)(=O)Nc1nc(-c2ncccn2)nc(Cl)c1Oc1ccccc1OC. The Bertz CT molecular complexity index is 1540. The monoisotopic (exact) mass is 551 g/mol. The number of para-hydroxylation sites is 2. The Labute approximate surface area is 226 Å². The van der Waals surface area contributed by atoms with Crippen molar-refractivity contribution in [3.63, 3.8) is 0 Å². The molecule has 11 heteroatoms. The number of benzene rings is 2. The lowest BCUT2D eigenvalue weighted by atomic mass is 9.98. The predicted molar refractivity (Wildman–Crippen MR) is 148 cm³/mol. The van der Waals surface area contributed by atoms with Crippen LogP contribution in [0.5, 0.6) is 17.2 Å². The molecule has 0 unspecified atom stereocenters. The normalized spacial score (nSPS) is 11.5. The van der Waals surface area contributed by atoms with Crippen molar-refractivity contribution in [2.75, 3.05) is 11.8 Å². The number of rotatable bonds is 10. The molecule has 4 aromatic rings. The maximum atomic E-state index is 13.2. The molecule has 2 aromatic carbocycles. The summed E-state index contributed by atoms with van der Waals surface area (Å²) in [6, 6.07) is 14.4. The molecule has 196 valence electrons. The molecule has 0 aliphatic heterocycles. The Balaban J connectivity index is 1.77. The topological polar surface area (TPSA) is 116 Å². The number of aromatic nitrogens is 4. The molecule has 0 amide bonds. The van der Waals surface area contributed by atoms with Gasteiger partial charge in [-0.25, -0.2) is 28.4 Å². The van der Waals surface area contributed by atoms with Gasteiger partial charge in [-0.2, -0.15) is 0 Å². The van der Waals surface area contributed by atoms with Gasteiger partial charge in [0.2, 0.25) is 11.6 Å². The van der Waals surface area contributed by atoms with Crippen LogP contribution >= 0.6 is 11.6 Å².